The van der Waals surface area contributed by atoms with E-state index in [1.165, 1.54) is 4.90 Å². The Balaban J connectivity index is 1.44. The molecule has 1 fully saturated rings. The number of hydrogen-bond donors (Lipinski definition) is 1. The van der Waals surface area contributed by atoms with Crippen LogP contribution in [-0.2, 0) is 16.0 Å². The molecule has 4 aromatic rings. The van der Waals surface area contributed by atoms with Gasteiger partial charge in [-0.25, -0.2) is 14.5 Å². The Hall–Kier alpha value is -4.59. The average Bonchev–Trinajstić information content (AvgIpc) is 3.42. The van der Waals surface area contributed by atoms with Crippen molar-refractivity contribution >= 4 is 34.5 Å². The summed E-state index contributed by atoms with van der Waals surface area (Å²) in [5, 5.41) is 1.05. The molecule has 1 unspecified atom stereocenters. The number of hydrogen-bond acceptors (Lipinski definition) is 5. The van der Waals surface area contributed by atoms with Crippen LogP contribution in [0, 0.1) is 0 Å². The lowest BCUT2D eigenvalue weighted by atomic mass is 9.89. The number of nitrogens with zero attached hydrogens (tertiary/aromatic N) is 2. The van der Waals surface area contributed by atoms with Gasteiger partial charge in [0.05, 0.1) is 25.0 Å². The van der Waals surface area contributed by atoms with Gasteiger partial charge < -0.3 is 14.5 Å². The number of carbonyl (C=O) groups excluding carboxylic acids is 3. The van der Waals surface area contributed by atoms with Crippen LogP contribution in [0.5, 0.6) is 5.75 Å². The molecule has 1 N–H and O–H groups in total. The van der Waals surface area contributed by atoms with Crippen LogP contribution >= 0.6 is 0 Å². The molecule has 0 bridgehead atoms. The number of imide groups is 1. The van der Waals surface area contributed by atoms with Crippen molar-refractivity contribution in [1.82, 2.24) is 9.88 Å². The third-order valence-corrected chi connectivity index (χ3v) is 7.12. The van der Waals surface area contributed by atoms with Crippen molar-refractivity contribution in [2.45, 2.75) is 25.4 Å². The third kappa shape index (κ3) is 3.56. The van der Waals surface area contributed by atoms with Crippen LogP contribution in [0.3, 0.4) is 0 Å². The number of urea groups is 1. The van der Waals surface area contributed by atoms with E-state index in [9.17, 15) is 14.4 Å². The number of esters is 1. The molecule has 6 rings (SSSR count). The summed E-state index contributed by atoms with van der Waals surface area (Å²) in [4.78, 5) is 46.1. The molecule has 2 aliphatic heterocycles. The Morgan fingerprint density at radius 2 is 1.73 bits per heavy atom. The first-order valence-corrected chi connectivity index (χ1v) is 12.2. The summed E-state index contributed by atoms with van der Waals surface area (Å²) < 4.78 is 10.4. The fourth-order valence-corrected chi connectivity index (χ4v) is 5.41. The van der Waals surface area contributed by atoms with Gasteiger partial charge in [-0.3, -0.25) is 9.69 Å². The van der Waals surface area contributed by atoms with Crippen LogP contribution in [-0.4, -0.2) is 47.6 Å². The van der Waals surface area contributed by atoms with Gasteiger partial charge in [0.1, 0.15) is 17.8 Å². The number of H-pyrrole nitrogens is 1. The number of nitrogens with one attached hydrogen (secondary N) is 1. The number of fused-ring (bicyclic) bond motifs is 4. The van der Waals surface area contributed by atoms with Gasteiger partial charge in [0.25, 0.3) is 5.91 Å². The molecule has 1 saturated heterocycles. The standard InChI is InChI=1S/C29H25N3O5/c1-3-37-28(34)18-8-12-19(13-9-18)31-27(33)24-16-22-21-6-4-5-7-23(21)30-25(22)26(32(24)29(31)35)17-10-14-20(36-2)15-11-17/h4-15,24,26,30H,3,16H2,1-2H3/t24-,26?/m0/s1. The van der Waals surface area contributed by atoms with E-state index in [-0.39, 0.29) is 12.5 Å². The van der Waals surface area contributed by atoms with Crippen LogP contribution < -0.4 is 9.64 Å². The molecular formula is C29H25N3O5. The van der Waals surface area contributed by atoms with E-state index in [0.29, 0.717) is 23.4 Å². The minimum Gasteiger partial charge on any atom is -0.497 e. The zero-order chi connectivity index (χ0) is 25.7. The highest BCUT2D eigenvalue weighted by molar-refractivity contribution is 6.22. The Bertz CT molecular complexity index is 1520. The van der Waals surface area contributed by atoms with Crippen molar-refractivity contribution < 1.29 is 23.9 Å². The number of ether oxygens (including phenoxy) is 2. The number of benzene rings is 3. The first-order valence-electron chi connectivity index (χ1n) is 12.2. The fourth-order valence-electron chi connectivity index (χ4n) is 5.41. The van der Waals surface area contributed by atoms with Crippen molar-refractivity contribution in [3.63, 3.8) is 0 Å². The van der Waals surface area contributed by atoms with Crippen LogP contribution in [0.4, 0.5) is 10.5 Å². The number of rotatable bonds is 5. The summed E-state index contributed by atoms with van der Waals surface area (Å²) >= 11 is 0. The Morgan fingerprint density at radius 1 is 1.00 bits per heavy atom. The average molecular weight is 496 g/mol. The molecule has 1 aromatic heterocycles. The van der Waals surface area contributed by atoms with Crippen molar-refractivity contribution in [2.24, 2.45) is 0 Å². The first kappa shape index (κ1) is 22.8. The molecule has 3 aromatic carbocycles. The molecule has 2 aliphatic rings. The predicted molar refractivity (Wildman–Crippen MR) is 138 cm³/mol. The number of aromatic nitrogens is 1. The summed E-state index contributed by atoms with van der Waals surface area (Å²) in [5.74, 6) is -0.0288. The second-order valence-electron chi connectivity index (χ2n) is 9.09. The molecule has 2 atom stereocenters. The minimum absolute atomic E-state index is 0.266. The van der Waals surface area contributed by atoms with Gasteiger partial charge in [0.15, 0.2) is 0 Å². The molecular weight excluding hydrogens is 470 g/mol. The van der Waals surface area contributed by atoms with Crippen LogP contribution in [0.15, 0.2) is 72.8 Å². The molecule has 37 heavy (non-hydrogen) atoms. The summed E-state index contributed by atoms with van der Waals surface area (Å²) in [7, 11) is 1.61. The molecule has 0 aliphatic carbocycles. The maximum Gasteiger partial charge on any atom is 0.338 e. The molecule has 3 amide bonds. The minimum atomic E-state index is -0.656. The third-order valence-electron chi connectivity index (χ3n) is 7.12. The highest BCUT2D eigenvalue weighted by Gasteiger charge is 2.53. The maximum absolute atomic E-state index is 13.9. The summed E-state index contributed by atoms with van der Waals surface area (Å²) in [5.41, 5.74) is 4.57. The molecule has 8 heteroatoms. The highest BCUT2D eigenvalue weighted by atomic mass is 16.5. The first-order chi connectivity index (χ1) is 18.0. The topological polar surface area (TPSA) is 91.9 Å². The maximum atomic E-state index is 13.9. The normalized spacial score (nSPS) is 18.6. The molecule has 0 spiro atoms. The molecule has 8 nitrogen and oxygen atoms in total. The van der Waals surface area contributed by atoms with Gasteiger partial charge in [0.2, 0.25) is 0 Å². The number of para-hydroxylation sites is 1. The van der Waals surface area contributed by atoms with Crippen LogP contribution in [0.1, 0.15) is 40.1 Å². The van der Waals surface area contributed by atoms with Crippen LogP contribution in [0.25, 0.3) is 10.9 Å². The zero-order valence-corrected chi connectivity index (χ0v) is 20.4. The number of anilines is 1. The van der Waals surface area contributed by atoms with Gasteiger partial charge in [-0.2, -0.15) is 0 Å². The number of carbonyl (C=O) groups is 3. The fraction of sp³-hybridized carbons (Fsp3) is 0.207. The van der Waals surface area contributed by atoms with Gasteiger partial charge in [-0.15, -0.1) is 0 Å². The monoisotopic (exact) mass is 495 g/mol. The van der Waals surface area contributed by atoms with Crippen molar-refractivity contribution in [1.29, 1.82) is 0 Å². The van der Waals surface area contributed by atoms with Gasteiger partial charge >= 0.3 is 12.0 Å². The quantitative estimate of drug-likeness (QED) is 0.316. The van der Waals surface area contributed by atoms with Gasteiger partial charge in [-0.1, -0.05) is 30.3 Å². The van der Waals surface area contributed by atoms with Crippen molar-refractivity contribution in [3.05, 3.63) is 95.2 Å². The lowest BCUT2D eigenvalue weighted by Gasteiger charge is -2.36. The van der Waals surface area contributed by atoms with Crippen molar-refractivity contribution in [3.8, 4) is 5.75 Å². The number of methoxy groups -OCH3 is 1. The van der Waals surface area contributed by atoms with E-state index in [0.717, 1.165) is 27.7 Å². The molecule has 0 radical (unpaired) electrons. The summed E-state index contributed by atoms with van der Waals surface area (Å²) in [6, 6.07) is 20.4. The number of aromatic amines is 1. The van der Waals surface area contributed by atoms with E-state index in [1.54, 1.807) is 43.2 Å². The predicted octanol–water partition coefficient (Wildman–Crippen LogP) is 4.84. The smallest absolute Gasteiger partial charge is 0.338 e. The van der Waals surface area contributed by atoms with Crippen LogP contribution in [0.2, 0.25) is 0 Å². The lowest BCUT2D eigenvalue weighted by Crippen LogP contribution is -2.44. The van der Waals surface area contributed by atoms with Gasteiger partial charge in [0, 0.05) is 23.0 Å². The molecule has 0 saturated carbocycles. The molecule has 186 valence electrons. The second-order valence-corrected chi connectivity index (χ2v) is 9.09. The van der Waals surface area contributed by atoms with E-state index in [2.05, 4.69) is 4.98 Å². The lowest BCUT2D eigenvalue weighted by molar-refractivity contribution is -0.120. The second kappa shape index (κ2) is 8.81. The zero-order valence-electron chi connectivity index (χ0n) is 20.4. The van der Waals surface area contributed by atoms with E-state index in [1.807, 2.05) is 48.5 Å². The number of amides is 3. The summed E-state index contributed by atoms with van der Waals surface area (Å²) in [6.45, 7) is 2.00. The molecule has 3 heterocycles. The van der Waals surface area contributed by atoms with Gasteiger partial charge in [-0.05, 0) is 60.5 Å². The highest BCUT2D eigenvalue weighted by Crippen LogP contribution is 2.45. The Labute approximate surface area is 213 Å². The SMILES string of the molecule is CCOC(=O)c1ccc(N2C(=O)[C@@H]3Cc4c([nH]c5ccccc45)C(c4ccc(OC)cc4)N3C2=O)cc1. The summed E-state index contributed by atoms with van der Waals surface area (Å²) in [6.07, 6.45) is 0.411. The van der Waals surface area contributed by atoms with E-state index < -0.39 is 24.1 Å². The van der Waals surface area contributed by atoms with E-state index in [4.69, 9.17) is 9.47 Å². The Morgan fingerprint density at radius 3 is 2.43 bits per heavy atom. The largest absolute Gasteiger partial charge is 0.497 e. The van der Waals surface area contributed by atoms with E-state index >= 15 is 0 Å². The van der Waals surface area contributed by atoms with Crippen molar-refractivity contribution in [2.75, 3.05) is 18.6 Å². The Kier molecular flexibility index (Phi) is 5.44.